The lowest BCUT2D eigenvalue weighted by molar-refractivity contribution is 0.576. The van der Waals surface area contributed by atoms with Gasteiger partial charge in [0.1, 0.15) is 0 Å². The highest BCUT2D eigenvalue weighted by Gasteiger charge is 2.28. The molecule has 0 N–H and O–H groups in total. The van der Waals surface area contributed by atoms with Crippen LogP contribution in [-0.2, 0) is 12.8 Å². The van der Waals surface area contributed by atoms with Crippen molar-refractivity contribution in [2.75, 3.05) is 0 Å². The van der Waals surface area contributed by atoms with Gasteiger partial charge in [-0.25, -0.2) is 0 Å². The van der Waals surface area contributed by atoms with E-state index in [-0.39, 0.29) is 0 Å². The van der Waals surface area contributed by atoms with Crippen LogP contribution in [0.3, 0.4) is 0 Å². The number of thiophene rings is 2. The van der Waals surface area contributed by atoms with E-state index in [1.807, 2.05) is 22.7 Å². The molecule has 0 aliphatic heterocycles. The van der Waals surface area contributed by atoms with Crippen LogP contribution in [0.1, 0.15) is 126 Å². The van der Waals surface area contributed by atoms with Crippen molar-refractivity contribution >= 4 is 42.8 Å². The normalized spacial score (nSPS) is 12.3. The highest BCUT2D eigenvalue weighted by Crippen LogP contribution is 2.55. The molecule has 2 aromatic carbocycles. The van der Waals surface area contributed by atoms with Crippen LogP contribution in [0.2, 0.25) is 0 Å². The molecule has 204 valence electrons. The summed E-state index contributed by atoms with van der Waals surface area (Å²) in [6.45, 7) is 4.60. The molecule has 0 radical (unpaired) electrons. The number of hydrogen-bond acceptors (Lipinski definition) is 2. The Kier molecular flexibility index (Phi) is 10.4. The number of hydrogen-bond donors (Lipinski definition) is 0. The van der Waals surface area contributed by atoms with Crippen LogP contribution in [0.4, 0.5) is 0 Å². The van der Waals surface area contributed by atoms with Crippen LogP contribution in [0.5, 0.6) is 0 Å². The van der Waals surface area contributed by atoms with Crippen LogP contribution in [0.25, 0.3) is 42.4 Å². The van der Waals surface area contributed by atoms with Gasteiger partial charge in [-0.2, -0.15) is 0 Å². The fourth-order valence-corrected chi connectivity index (χ4v) is 8.60. The fourth-order valence-electron chi connectivity index (χ4n) is 6.38. The zero-order valence-electron chi connectivity index (χ0n) is 24.0. The molecule has 0 unspecified atom stereocenters. The van der Waals surface area contributed by atoms with E-state index in [0.29, 0.717) is 0 Å². The zero-order chi connectivity index (χ0) is 26.2. The van der Waals surface area contributed by atoms with Gasteiger partial charge in [0.25, 0.3) is 0 Å². The second-order valence-electron chi connectivity index (χ2n) is 11.7. The topological polar surface area (TPSA) is 0 Å². The molecular weight excluding hydrogens is 497 g/mol. The molecule has 2 heterocycles. The first-order chi connectivity index (χ1) is 18.8. The summed E-state index contributed by atoms with van der Waals surface area (Å²) < 4.78 is 2.95. The summed E-state index contributed by atoms with van der Waals surface area (Å²) in [5, 5.41) is 3.01. The molecule has 0 saturated heterocycles. The second-order valence-corrected chi connectivity index (χ2v) is 14.0. The maximum Gasteiger partial charge on any atom is 0.0352 e. The summed E-state index contributed by atoms with van der Waals surface area (Å²) in [6, 6.07) is 14.7. The lowest BCUT2D eigenvalue weighted by atomic mass is 9.77. The average molecular weight is 545 g/mol. The minimum atomic E-state index is 1.25. The quantitative estimate of drug-likeness (QED) is 0.0962. The molecule has 0 bridgehead atoms. The first kappa shape index (κ1) is 27.9. The van der Waals surface area contributed by atoms with Gasteiger partial charge in [0.05, 0.1) is 0 Å². The highest BCUT2D eigenvalue weighted by molar-refractivity contribution is 7.19. The van der Waals surface area contributed by atoms with E-state index in [0.717, 1.165) is 0 Å². The summed E-state index contributed by atoms with van der Waals surface area (Å²) in [4.78, 5) is 3.16. The van der Waals surface area contributed by atoms with Crippen molar-refractivity contribution in [3.05, 3.63) is 46.2 Å². The van der Waals surface area contributed by atoms with Crippen LogP contribution in [0.15, 0.2) is 36.4 Å². The standard InChI is InChI=1S/C36H48S2/c1-3-5-7-9-11-13-15-17-19-27-25-31-33(37-27)23-21-29-35(31)30-22-24-34-32(36(29)30)26-28(38-34)20-18-16-14-12-10-8-6-4-2/h21-26H,3-20H2,1-2H3. The Morgan fingerprint density at radius 2 is 0.816 bits per heavy atom. The van der Waals surface area contributed by atoms with Crippen LogP contribution < -0.4 is 0 Å². The van der Waals surface area contributed by atoms with E-state index >= 15 is 0 Å². The Morgan fingerprint density at radius 1 is 0.447 bits per heavy atom. The summed E-state index contributed by atoms with van der Waals surface area (Å²) in [5.74, 6) is 0. The Balaban J connectivity index is 1.17. The van der Waals surface area contributed by atoms with E-state index in [1.165, 1.54) is 158 Å². The predicted octanol–water partition coefficient (Wildman–Crippen LogP) is 13.1. The number of benzene rings is 2. The lowest BCUT2D eigenvalue weighted by Gasteiger charge is -2.25. The minimum Gasteiger partial charge on any atom is -0.140 e. The molecule has 1 aliphatic rings. The molecular formula is C36H48S2. The van der Waals surface area contributed by atoms with Crippen molar-refractivity contribution in [2.24, 2.45) is 0 Å². The summed E-state index contributed by atoms with van der Waals surface area (Å²) in [5.41, 5.74) is 6.03. The third-order valence-electron chi connectivity index (χ3n) is 8.60. The Hall–Kier alpha value is -1.64. The van der Waals surface area contributed by atoms with Gasteiger partial charge in [-0.15, -0.1) is 22.7 Å². The Labute approximate surface area is 239 Å². The summed E-state index contributed by atoms with van der Waals surface area (Å²) in [7, 11) is 0. The van der Waals surface area contributed by atoms with Gasteiger partial charge in [-0.1, -0.05) is 116 Å². The van der Waals surface area contributed by atoms with Gasteiger partial charge in [-0.05, 0) is 72.2 Å². The molecule has 2 aromatic heterocycles. The number of unbranched alkanes of at least 4 members (excludes halogenated alkanes) is 14. The zero-order valence-corrected chi connectivity index (χ0v) is 25.6. The van der Waals surface area contributed by atoms with Gasteiger partial charge < -0.3 is 0 Å². The third-order valence-corrected chi connectivity index (χ3v) is 10.9. The average Bonchev–Trinajstić information content (AvgIpc) is 3.51. The van der Waals surface area contributed by atoms with E-state index < -0.39 is 0 Å². The Morgan fingerprint density at radius 3 is 1.21 bits per heavy atom. The molecule has 4 aromatic rings. The maximum absolute atomic E-state index is 2.52. The van der Waals surface area contributed by atoms with Crippen molar-refractivity contribution in [1.82, 2.24) is 0 Å². The minimum absolute atomic E-state index is 1.25. The van der Waals surface area contributed by atoms with Crippen LogP contribution in [0, 0.1) is 0 Å². The molecule has 0 nitrogen and oxygen atoms in total. The number of fused-ring (bicyclic) bond motifs is 8. The number of aryl methyl sites for hydroxylation is 2. The van der Waals surface area contributed by atoms with Gasteiger partial charge in [0.15, 0.2) is 0 Å². The molecule has 0 saturated carbocycles. The Bertz CT molecular complexity index is 1190. The van der Waals surface area contributed by atoms with E-state index in [4.69, 9.17) is 0 Å². The molecule has 0 atom stereocenters. The monoisotopic (exact) mass is 544 g/mol. The van der Waals surface area contributed by atoms with Crippen molar-refractivity contribution in [1.29, 1.82) is 0 Å². The first-order valence-corrected chi connectivity index (χ1v) is 17.5. The van der Waals surface area contributed by atoms with Crippen molar-refractivity contribution in [3.63, 3.8) is 0 Å². The van der Waals surface area contributed by atoms with E-state index in [2.05, 4.69) is 50.2 Å². The molecule has 0 spiro atoms. The summed E-state index contributed by atoms with van der Waals surface area (Å²) >= 11 is 4.06. The van der Waals surface area contributed by atoms with Crippen LogP contribution in [-0.4, -0.2) is 0 Å². The van der Waals surface area contributed by atoms with Gasteiger partial charge in [-0.3, -0.25) is 0 Å². The summed E-state index contributed by atoms with van der Waals surface area (Å²) in [6.07, 6.45) is 24.9. The van der Waals surface area contributed by atoms with Gasteiger partial charge >= 0.3 is 0 Å². The molecule has 5 rings (SSSR count). The van der Waals surface area contributed by atoms with Gasteiger partial charge in [0.2, 0.25) is 0 Å². The predicted molar refractivity (Wildman–Crippen MR) is 174 cm³/mol. The first-order valence-electron chi connectivity index (χ1n) is 15.9. The van der Waals surface area contributed by atoms with Crippen molar-refractivity contribution in [2.45, 2.75) is 129 Å². The van der Waals surface area contributed by atoms with Crippen LogP contribution >= 0.6 is 22.7 Å². The lowest BCUT2D eigenvalue weighted by Crippen LogP contribution is -1.99. The molecule has 1 aliphatic carbocycles. The molecule has 38 heavy (non-hydrogen) atoms. The molecule has 0 amide bonds. The van der Waals surface area contributed by atoms with Gasteiger partial charge in [0, 0.05) is 29.9 Å². The van der Waals surface area contributed by atoms with E-state index in [1.54, 1.807) is 9.75 Å². The van der Waals surface area contributed by atoms with Crippen molar-refractivity contribution in [3.8, 4) is 22.3 Å². The largest absolute Gasteiger partial charge is 0.140 e. The fraction of sp³-hybridized carbons (Fsp3) is 0.556. The van der Waals surface area contributed by atoms with Crippen molar-refractivity contribution < 1.29 is 0 Å². The SMILES string of the molecule is CCCCCCCCCCc1cc2c3c(ccc2s1)-c1c-3ccc2sc(CCCCCCCCCC)cc12. The molecule has 0 fully saturated rings. The smallest absolute Gasteiger partial charge is 0.0352 e. The highest BCUT2D eigenvalue weighted by atomic mass is 32.1. The second kappa shape index (κ2) is 14.1. The molecule has 2 heteroatoms. The van der Waals surface area contributed by atoms with E-state index in [9.17, 15) is 0 Å². The number of rotatable bonds is 18. The maximum atomic E-state index is 2.52. The third kappa shape index (κ3) is 6.56.